The lowest BCUT2D eigenvalue weighted by Crippen LogP contribution is -2.21. The van der Waals surface area contributed by atoms with Crippen LogP contribution >= 0.6 is 0 Å². The number of aromatic nitrogens is 4. The SMILES string of the molecule is COc1ccc(OCC(=O)Nc2cc(-n3ccnc3)ncn2)cc1. The van der Waals surface area contributed by atoms with Crippen LogP contribution in [0.15, 0.2) is 55.4 Å². The van der Waals surface area contributed by atoms with Gasteiger partial charge in [0.05, 0.1) is 7.11 Å². The standard InChI is InChI=1S/C16H15N5O3/c1-23-12-2-4-13(5-3-12)24-9-16(22)20-14-8-15(19-10-18-14)21-7-6-17-11-21/h2-8,10-11H,9H2,1H3,(H,18,19,20,22). The van der Waals surface area contributed by atoms with Crippen LogP contribution in [0.25, 0.3) is 5.82 Å². The summed E-state index contributed by atoms with van der Waals surface area (Å²) in [6, 6.07) is 8.62. The van der Waals surface area contributed by atoms with Gasteiger partial charge in [0.25, 0.3) is 5.91 Å². The first-order valence-electron chi connectivity index (χ1n) is 7.11. The Bertz CT molecular complexity index is 803. The summed E-state index contributed by atoms with van der Waals surface area (Å²) in [7, 11) is 1.59. The average molecular weight is 325 g/mol. The minimum absolute atomic E-state index is 0.128. The van der Waals surface area contributed by atoms with E-state index in [9.17, 15) is 4.79 Å². The second-order valence-electron chi connectivity index (χ2n) is 4.74. The molecular weight excluding hydrogens is 310 g/mol. The topological polar surface area (TPSA) is 91.2 Å². The highest BCUT2D eigenvalue weighted by Crippen LogP contribution is 2.17. The number of anilines is 1. The smallest absolute Gasteiger partial charge is 0.263 e. The number of carbonyl (C=O) groups excluding carboxylic acids is 1. The zero-order chi connectivity index (χ0) is 16.8. The number of hydrogen-bond donors (Lipinski definition) is 1. The summed E-state index contributed by atoms with van der Waals surface area (Å²) in [5, 5.41) is 2.66. The third kappa shape index (κ3) is 3.86. The molecule has 0 spiro atoms. The normalized spacial score (nSPS) is 10.2. The third-order valence-electron chi connectivity index (χ3n) is 3.12. The monoisotopic (exact) mass is 325 g/mol. The highest BCUT2D eigenvalue weighted by molar-refractivity contribution is 5.91. The van der Waals surface area contributed by atoms with Crippen molar-refractivity contribution in [2.75, 3.05) is 19.0 Å². The van der Waals surface area contributed by atoms with Gasteiger partial charge in [0.2, 0.25) is 0 Å². The van der Waals surface area contributed by atoms with E-state index in [-0.39, 0.29) is 12.5 Å². The van der Waals surface area contributed by atoms with Crippen LogP contribution in [0.2, 0.25) is 0 Å². The van der Waals surface area contributed by atoms with Crippen molar-refractivity contribution in [2.24, 2.45) is 0 Å². The van der Waals surface area contributed by atoms with Gasteiger partial charge in [0.1, 0.15) is 35.8 Å². The van der Waals surface area contributed by atoms with E-state index < -0.39 is 0 Å². The summed E-state index contributed by atoms with van der Waals surface area (Å²) in [6.07, 6.45) is 6.37. The predicted molar refractivity (Wildman–Crippen MR) is 86.3 cm³/mol. The summed E-state index contributed by atoms with van der Waals surface area (Å²) in [5.41, 5.74) is 0. The summed E-state index contributed by atoms with van der Waals surface area (Å²) in [4.78, 5) is 24.1. The summed E-state index contributed by atoms with van der Waals surface area (Å²) in [5.74, 6) is 1.97. The van der Waals surface area contributed by atoms with Crippen molar-refractivity contribution < 1.29 is 14.3 Å². The van der Waals surface area contributed by atoms with Crippen LogP contribution in [-0.2, 0) is 4.79 Å². The molecule has 122 valence electrons. The zero-order valence-corrected chi connectivity index (χ0v) is 12.9. The number of imidazole rings is 1. The summed E-state index contributed by atoms with van der Waals surface area (Å²) < 4.78 is 12.2. The number of benzene rings is 1. The average Bonchev–Trinajstić information content (AvgIpc) is 3.15. The Hall–Kier alpha value is -3.42. The molecule has 8 heteroatoms. The van der Waals surface area contributed by atoms with E-state index in [0.29, 0.717) is 17.4 Å². The molecule has 0 aliphatic heterocycles. The second-order valence-corrected chi connectivity index (χ2v) is 4.74. The number of methoxy groups -OCH3 is 1. The highest BCUT2D eigenvalue weighted by atomic mass is 16.5. The van der Waals surface area contributed by atoms with Crippen LogP contribution in [0, 0.1) is 0 Å². The number of rotatable bonds is 6. The van der Waals surface area contributed by atoms with Crippen LogP contribution in [0.5, 0.6) is 11.5 Å². The van der Waals surface area contributed by atoms with Gasteiger partial charge in [-0.05, 0) is 24.3 Å². The molecule has 1 amide bonds. The van der Waals surface area contributed by atoms with Crippen molar-refractivity contribution in [3.8, 4) is 17.3 Å². The van der Waals surface area contributed by atoms with Gasteiger partial charge >= 0.3 is 0 Å². The van der Waals surface area contributed by atoms with Crippen molar-refractivity contribution in [1.82, 2.24) is 19.5 Å². The Morgan fingerprint density at radius 2 is 2.00 bits per heavy atom. The molecule has 0 bridgehead atoms. The summed E-state index contributed by atoms with van der Waals surface area (Å²) in [6.45, 7) is -0.128. The lowest BCUT2D eigenvalue weighted by atomic mass is 10.3. The predicted octanol–water partition coefficient (Wildman–Crippen LogP) is 1.69. The molecule has 8 nitrogen and oxygen atoms in total. The van der Waals surface area contributed by atoms with Crippen molar-refractivity contribution in [3.05, 3.63) is 55.4 Å². The van der Waals surface area contributed by atoms with Gasteiger partial charge in [-0.2, -0.15) is 0 Å². The van der Waals surface area contributed by atoms with Gasteiger partial charge in [-0.1, -0.05) is 0 Å². The Morgan fingerprint density at radius 1 is 1.21 bits per heavy atom. The molecule has 0 atom stereocenters. The van der Waals surface area contributed by atoms with Crippen LogP contribution in [0.1, 0.15) is 0 Å². The lowest BCUT2D eigenvalue weighted by molar-refractivity contribution is -0.118. The first-order chi connectivity index (χ1) is 11.7. The molecule has 0 unspecified atom stereocenters. The maximum Gasteiger partial charge on any atom is 0.263 e. The molecule has 0 fully saturated rings. The van der Waals surface area contributed by atoms with Crippen molar-refractivity contribution in [3.63, 3.8) is 0 Å². The van der Waals surface area contributed by atoms with E-state index >= 15 is 0 Å². The van der Waals surface area contributed by atoms with Gasteiger partial charge in [0, 0.05) is 18.5 Å². The van der Waals surface area contributed by atoms with Crippen molar-refractivity contribution in [2.45, 2.75) is 0 Å². The number of nitrogens with zero attached hydrogens (tertiary/aromatic N) is 4. The van der Waals surface area contributed by atoms with Gasteiger partial charge in [0.15, 0.2) is 6.61 Å². The van der Waals surface area contributed by atoms with E-state index in [2.05, 4.69) is 20.3 Å². The molecule has 24 heavy (non-hydrogen) atoms. The molecule has 3 aromatic rings. The number of hydrogen-bond acceptors (Lipinski definition) is 6. The Labute approximate surface area is 138 Å². The van der Waals surface area contributed by atoms with E-state index in [1.54, 1.807) is 60.7 Å². The van der Waals surface area contributed by atoms with E-state index in [1.807, 2.05) is 0 Å². The molecule has 0 saturated carbocycles. The fourth-order valence-electron chi connectivity index (χ4n) is 1.95. The molecule has 0 radical (unpaired) electrons. The van der Waals surface area contributed by atoms with E-state index in [4.69, 9.17) is 9.47 Å². The first kappa shape index (κ1) is 15.5. The Balaban J connectivity index is 1.57. The number of amides is 1. The number of ether oxygens (including phenoxy) is 2. The molecule has 1 aromatic carbocycles. The molecular formula is C16H15N5O3. The van der Waals surface area contributed by atoms with Crippen LogP contribution in [0.4, 0.5) is 5.82 Å². The summed E-state index contributed by atoms with van der Waals surface area (Å²) >= 11 is 0. The van der Waals surface area contributed by atoms with Gasteiger partial charge in [-0.3, -0.25) is 9.36 Å². The number of nitrogens with one attached hydrogen (secondary N) is 1. The molecule has 0 saturated heterocycles. The van der Waals surface area contributed by atoms with Crippen LogP contribution in [0.3, 0.4) is 0 Å². The van der Waals surface area contributed by atoms with Gasteiger partial charge < -0.3 is 14.8 Å². The molecule has 0 aliphatic rings. The van der Waals surface area contributed by atoms with Crippen molar-refractivity contribution in [1.29, 1.82) is 0 Å². The van der Waals surface area contributed by atoms with Crippen LogP contribution in [-0.4, -0.2) is 39.1 Å². The molecule has 2 heterocycles. The third-order valence-corrected chi connectivity index (χ3v) is 3.12. The lowest BCUT2D eigenvalue weighted by Gasteiger charge is -2.08. The Morgan fingerprint density at radius 3 is 2.71 bits per heavy atom. The first-order valence-corrected chi connectivity index (χ1v) is 7.11. The van der Waals surface area contributed by atoms with Gasteiger partial charge in [-0.15, -0.1) is 0 Å². The fraction of sp³-hybridized carbons (Fsp3) is 0.125. The zero-order valence-electron chi connectivity index (χ0n) is 12.9. The largest absolute Gasteiger partial charge is 0.497 e. The van der Waals surface area contributed by atoms with Crippen LogP contribution < -0.4 is 14.8 Å². The maximum atomic E-state index is 12.0. The quantitative estimate of drug-likeness (QED) is 0.741. The minimum atomic E-state index is -0.318. The highest BCUT2D eigenvalue weighted by Gasteiger charge is 2.07. The minimum Gasteiger partial charge on any atom is -0.497 e. The van der Waals surface area contributed by atoms with Gasteiger partial charge in [-0.25, -0.2) is 15.0 Å². The fourth-order valence-corrected chi connectivity index (χ4v) is 1.95. The molecule has 2 aromatic heterocycles. The Kier molecular flexibility index (Phi) is 4.66. The number of carbonyl (C=O) groups is 1. The van der Waals surface area contributed by atoms with E-state index in [0.717, 1.165) is 5.75 Å². The maximum absolute atomic E-state index is 12.0. The molecule has 3 rings (SSSR count). The molecule has 0 aliphatic carbocycles. The molecule has 1 N–H and O–H groups in total. The van der Waals surface area contributed by atoms with E-state index in [1.165, 1.54) is 6.33 Å². The van der Waals surface area contributed by atoms with Crippen molar-refractivity contribution >= 4 is 11.7 Å². The second kappa shape index (κ2) is 7.23.